The van der Waals surface area contributed by atoms with Gasteiger partial charge in [0, 0.05) is 11.0 Å². The molecular weight excluding hydrogens is 322 g/mol. The third-order valence-corrected chi connectivity index (χ3v) is 3.62. The van der Waals surface area contributed by atoms with Crippen molar-refractivity contribution in [2.45, 2.75) is 13.2 Å². The van der Waals surface area contributed by atoms with Crippen LogP contribution < -0.4 is 15.2 Å². The first kappa shape index (κ1) is 14.8. The highest BCUT2D eigenvalue weighted by molar-refractivity contribution is 9.10. The molecule has 4 nitrogen and oxygen atoms in total. The minimum atomic E-state index is -0.0343. The number of ether oxygens (including phenoxy) is 2. The quantitative estimate of drug-likeness (QED) is 0.879. The second kappa shape index (κ2) is 6.74. The van der Waals surface area contributed by atoms with Crippen LogP contribution in [-0.2, 0) is 13.2 Å². The van der Waals surface area contributed by atoms with Crippen LogP contribution in [0, 0.1) is 0 Å². The molecule has 3 N–H and O–H groups in total. The van der Waals surface area contributed by atoms with Gasteiger partial charge in [-0.25, -0.2) is 0 Å². The fourth-order valence-corrected chi connectivity index (χ4v) is 2.30. The highest BCUT2D eigenvalue weighted by Gasteiger charge is 2.08. The summed E-state index contributed by atoms with van der Waals surface area (Å²) in [7, 11) is 1.57. The maximum Gasteiger partial charge on any atom is 0.169 e. The molecule has 0 fully saturated rings. The third kappa shape index (κ3) is 3.30. The molecule has 20 heavy (non-hydrogen) atoms. The summed E-state index contributed by atoms with van der Waals surface area (Å²) < 4.78 is 12.0. The molecule has 0 aliphatic carbocycles. The van der Waals surface area contributed by atoms with Gasteiger partial charge < -0.3 is 20.3 Å². The number of nitrogens with two attached hydrogens (primary N) is 1. The van der Waals surface area contributed by atoms with E-state index in [1.807, 2.05) is 18.2 Å². The van der Waals surface area contributed by atoms with E-state index in [0.29, 0.717) is 23.8 Å². The van der Waals surface area contributed by atoms with Crippen molar-refractivity contribution >= 4 is 15.9 Å². The van der Waals surface area contributed by atoms with E-state index >= 15 is 0 Å². The third-order valence-electron chi connectivity index (χ3n) is 2.88. The van der Waals surface area contributed by atoms with Gasteiger partial charge in [0.25, 0.3) is 0 Å². The molecule has 0 aliphatic rings. The molecule has 0 saturated carbocycles. The zero-order chi connectivity index (χ0) is 14.5. The molecule has 0 bridgehead atoms. The number of methoxy groups -OCH3 is 1. The van der Waals surface area contributed by atoms with Crippen molar-refractivity contribution in [2.75, 3.05) is 7.11 Å². The molecule has 0 radical (unpaired) electrons. The Balaban J connectivity index is 2.27. The van der Waals surface area contributed by atoms with Gasteiger partial charge in [0.2, 0.25) is 0 Å². The van der Waals surface area contributed by atoms with Gasteiger partial charge >= 0.3 is 0 Å². The van der Waals surface area contributed by atoms with Crippen LogP contribution in [0.2, 0.25) is 0 Å². The van der Waals surface area contributed by atoms with Crippen molar-refractivity contribution in [2.24, 2.45) is 5.73 Å². The van der Waals surface area contributed by atoms with E-state index < -0.39 is 0 Å². The Hall–Kier alpha value is -1.56. The fourth-order valence-electron chi connectivity index (χ4n) is 1.78. The summed E-state index contributed by atoms with van der Waals surface area (Å²) in [6.45, 7) is 0.433. The lowest BCUT2D eigenvalue weighted by Gasteiger charge is -2.12. The smallest absolute Gasteiger partial charge is 0.169 e. The monoisotopic (exact) mass is 337 g/mol. The zero-order valence-electron chi connectivity index (χ0n) is 11.1. The molecule has 0 aromatic heterocycles. The zero-order valence-corrected chi connectivity index (χ0v) is 12.7. The largest absolute Gasteiger partial charge is 0.493 e. The van der Waals surface area contributed by atoms with Gasteiger partial charge in [-0.1, -0.05) is 28.1 Å². The molecule has 5 heteroatoms. The predicted molar refractivity (Wildman–Crippen MR) is 81.0 cm³/mol. The average Bonchev–Trinajstić information content (AvgIpc) is 2.48. The second-order valence-electron chi connectivity index (χ2n) is 4.20. The van der Waals surface area contributed by atoms with Crippen molar-refractivity contribution in [1.82, 2.24) is 0 Å². The first-order chi connectivity index (χ1) is 9.67. The van der Waals surface area contributed by atoms with Gasteiger partial charge in [0.05, 0.1) is 13.7 Å². The summed E-state index contributed by atoms with van der Waals surface area (Å²) in [5, 5.41) is 9.12. The normalized spacial score (nSPS) is 10.4. The standard InChI is InChI=1S/C15H16BrNO3/c1-19-15-6-10(9-18)2-5-14(15)20-12-4-3-11(8-17)13(16)7-12/h2-7,18H,8-9,17H2,1H3. The Labute approximate surface area is 126 Å². The van der Waals surface area contributed by atoms with E-state index in [1.54, 1.807) is 25.3 Å². The molecule has 2 aromatic carbocycles. The second-order valence-corrected chi connectivity index (χ2v) is 5.06. The van der Waals surface area contributed by atoms with Crippen LogP contribution in [0.4, 0.5) is 0 Å². The predicted octanol–water partition coefficient (Wildman–Crippen LogP) is 3.20. The van der Waals surface area contributed by atoms with Gasteiger partial charge in [-0.05, 0) is 35.4 Å². The first-order valence-corrected chi connectivity index (χ1v) is 6.91. The van der Waals surface area contributed by atoms with Gasteiger partial charge in [-0.15, -0.1) is 0 Å². The summed E-state index contributed by atoms with van der Waals surface area (Å²) in [5.74, 6) is 1.86. The lowest BCUT2D eigenvalue weighted by Crippen LogP contribution is -1.97. The Morgan fingerprint density at radius 3 is 2.55 bits per heavy atom. The van der Waals surface area contributed by atoms with Crippen LogP contribution in [-0.4, -0.2) is 12.2 Å². The first-order valence-electron chi connectivity index (χ1n) is 6.12. The number of aliphatic hydroxyl groups is 1. The van der Waals surface area contributed by atoms with E-state index in [0.717, 1.165) is 15.6 Å². The minimum Gasteiger partial charge on any atom is -0.493 e. The lowest BCUT2D eigenvalue weighted by molar-refractivity contribution is 0.280. The van der Waals surface area contributed by atoms with E-state index in [1.165, 1.54) is 0 Å². The van der Waals surface area contributed by atoms with Gasteiger partial charge in [0.15, 0.2) is 11.5 Å². The van der Waals surface area contributed by atoms with Crippen LogP contribution in [0.5, 0.6) is 17.2 Å². The summed E-state index contributed by atoms with van der Waals surface area (Å²) in [6, 6.07) is 10.9. The van der Waals surface area contributed by atoms with Gasteiger partial charge in [-0.3, -0.25) is 0 Å². The van der Waals surface area contributed by atoms with Crippen molar-refractivity contribution in [3.63, 3.8) is 0 Å². The van der Waals surface area contributed by atoms with Gasteiger partial charge in [-0.2, -0.15) is 0 Å². The van der Waals surface area contributed by atoms with E-state index in [2.05, 4.69) is 15.9 Å². The fraction of sp³-hybridized carbons (Fsp3) is 0.200. The summed E-state index contributed by atoms with van der Waals surface area (Å²) in [5.41, 5.74) is 7.40. The number of aliphatic hydroxyl groups excluding tert-OH is 1. The van der Waals surface area contributed by atoms with Crippen LogP contribution >= 0.6 is 15.9 Å². The molecule has 0 amide bonds. The lowest BCUT2D eigenvalue weighted by atomic mass is 10.2. The number of benzene rings is 2. The topological polar surface area (TPSA) is 64.7 Å². The molecule has 0 aliphatic heterocycles. The molecule has 2 rings (SSSR count). The van der Waals surface area contributed by atoms with Crippen molar-refractivity contribution in [1.29, 1.82) is 0 Å². The highest BCUT2D eigenvalue weighted by Crippen LogP contribution is 2.33. The van der Waals surface area contributed by atoms with E-state index in [9.17, 15) is 0 Å². The minimum absolute atomic E-state index is 0.0343. The molecule has 0 heterocycles. The molecule has 2 aromatic rings. The van der Waals surface area contributed by atoms with Crippen molar-refractivity contribution < 1.29 is 14.6 Å². The van der Waals surface area contributed by atoms with Crippen molar-refractivity contribution in [3.8, 4) is 17.2 Å². The van der Waals surface area contributed by atoms with Crippen LogP contribution in [0.25, 0.3) is 0 Å². The Morgan fingerprint density at radius 2 is 1.95 bits per heavy atom. The number of rotatable bonds is 5. The number of halogens is 1. The Morgan fingerprint density at radius 1 is 1.15 bits per heavy atom. The van der Waals surface area contributed by atoms with E-state index in [4.69, 9.17) is 20.3 Å². The number of hydrogen-bond donors (Lipinski definition) is 2. The number of hydrogen-bond acceptors (Lipinski definition) is 4. The maximum atomic E-state index is 9.12. The van der Waals surface area contributed by atoms with Crippen LogP contribution in [0.3, 0.4) is 0 Å². The molecule has 0 unspecified atom stereocenters. The molecule has 106 valence electrons. The SMILES string of the molecule is COc1cc(CO)ccc1Oc1ccc(CN)c(Br)c1. The van der Waals surface area contributed by atoms with Crippen molar-refractivity contribution in [3.05, 3.63) is 52.0 Å². The molecule has 0 saturated heterocycles. The van der Waals surface area contributed by atoms with E-state index in [-0.39, 0.29) is 6.61 Å². The highest BCUT2D eigenvalue weighted by atomic mass is 79.9. The van der Waals surface area contributed by atoms with Gasteiger partial charge in [0.1, 0.15) is 5.75 Å². The molecule has 0 atom stereocenters. The molecule has 0 spiro atoms. The summed E-state index contributed by atoms with van der Waals surface area (Å²) in [4.78, 5) is 0. The van der Waals surface area contributed by atoms with Crippen LogP contribution in [0.15, 0.2) is 40.9 Å². The molecular formula is C15H16BrNO3. The maximum absolute atomic E-state index is 9.12. The average molecular weight is 338 g/mol. The summed E-state index contributed by atoms with van der Waals surface area (Å²) >= 11 is 3.45. The Kier molecular flexibility index (Phi) is 5.00. The Bertz CT molecular complexity index is 602. The summed E-state index contributed by atoms with van der Waals surface area (Å²) in [6.07, 6.45) is 0. The van der Waals surface area contributed by atoms with Crippen LogP contribution in [0.1, 0.15) is 11.1 Å².